The standard InChI is InChI=1S/C26H29N3O4S/c1-17-8-11-19(12-9-17)28-26-29(20-6-4-3-5-7-20)25(31)23(34-26)15-18-10-13-21(22(14-18)32-2)33-16-24(27)30/h8-15,20H,3-7,16H2,1-2H3,(H2,27,30)/b23-15+,28-26?. The summed E-state index contributed by atoms with van der Waals surface area (Å²) in [6.07, 6.45) is 7.29. The van der Waals surface area contributed by atoms with Crippen LogP contribution in [-0.2, 0) is 9.59 Å². The summed E-state index contributed by atoms with van der Waals surface area (Å²) < 4.78 is 10.8. The number of ether oxygens (including phenoxy) is 2. The van der Waals surface area contributed by atoms with Crippen molar-refractivity contribution >= 4 is 40.5 Å². The Labute approximate surface area is 204 Å². The van der Waals surface area contributed by atoms with Crippen LogP contribution in [0.25, 0.3) is 6.08 Å². The van der Waals surface area contributed by atoms with Gasteiger partial charge in [0.25, 0.3) is 11.8 Å². The van der Waals surface area contributed by atoms with Crippen molar-refractivity contribution in [1.82, 2.24) is 4.90 Å². The Hall–Kier alpha value is -3.26. The van der Waals surface area contributed by atoms with Gasteiger partial charge in [-0.1, -0.05) is 43.0 Å². The number of benzene rings is 2. The van der Waals surface area contributed by atoms with E-state index in [0.717, 1.165) is 42.1 Å². The number of rotatable bonds is 7. The van der Waals surface area contributed by atoms with E-state index in [0.29, 0.717) is 16.4 Å². The van der Waals surface area contributed by atoms with Crippen LogP contribution >= 0.6 is 11.8 Å². The first-order valence-electron chi connectivity index (χ1n) is 11.4. The number of aliphatic imine (C=N–C) groups is 1. The number of primary amides is 1. The molecular formula is C26H29N3O4S. The Morgan fingerprint density at radius 2 is 1.88 bits per heavy atom. The highest BCUT2D eigenvalue weighted by atomic mass is 32.2. The highest BCUT2D eigenvalue weighted by molar-refractivity contribution is 8.18. The fraction of sp³-hybridized carbons (Fsp3) is 0.346. The van der Waals surface area contributed by atoms with Gasteiger partial charge in [0.2, 0.25) is 0 Å². The summed E-state index contributed by atoms with van der Waals surface area (Å²) in [5.74, 6) is 0.295. The largest absolute Gasteiger partial charge is 0.493 e. The van der Waals surface area contributed by atoms with Crippen LogP contribution < -0.4 is 15.2 Å². The lowest BCUT2D eigenvalue weighted by atomic mass is 9.94. The molecule has 2 N–H and O–H groups in total. The molecule has 0 spiro atoms. The first-order chi connectivity index (χ1) is 16.4. The molecule has 1 aliphatic heterocycles. The van der Waals surface area contributed by atoms with E-state index in [1.165, 1.54) is 30.9 Å². The lowest BCUT2D eigenvalue weighted by Gasteiger charge is -2.30. The predicted molar refractivity (Wildman–Crippen MR) is 135 cm³/mol. The SMILES string of the molecule is COc1cc(/C=C2/SC(=Nc3ccc(C)cc3)N(C3CCCCC3)C2=O)ccc1OCC(N)=O. The van der Waals surface area contributed by atoms with Crippen LogP contribution in [-0.4, -0.2) is 41.6 Å². The maximum atomic E-state index is 13.5. The zero-order valence-corrected chi connectivity index (χ0v) is 20.3. The second kappa shape index (κ2) is 10.8. The van der Waals surface area contributed by atoms with Gasteiger partial charge in [-0.2, -0.15) is 0 Å². The van der Waals surface area contributed by atoms with Gasteiger partial charge in [-0.05, 0) is 67.4 Å². The highest BCUT2D eigenvalue weighted by Gasteiger charge is 2.38. The average molecular weight is 480 g/mol. The molecule has 2 aliphatic rings. The Morgan fingerprint density at radius 1 is 1.15 bits per heavy atom. The molecule has 2 aromatic carbocycles. The number of carbonyl (C=O) groups excluding carboxylic acids is 2. The normalized spacial score (nSPS) is 19.1. The molecule has 1 aliphatic carbocycles. The van der Waals surface area contributed by atoms with Crippen molar-refractivity contribution < 1.29 is 19.1 Å². The van der Waals surface area contributed by atoms with Gasteiger partial charge in [0.05, 0.1) is 17.7 Å². The smallest absolute Gasteiger partial charge is 0.267 e. The van der Waals surface area contributed by atoms with Crippen molar-refractivity contribution in [2.45, 2.75) is 45.1 Å². The molecular weight excluding hydrogens is 450 g/mol. The number of aryl methyl sites for hydroxylation is 1. The molecule has 0 radical (unpaired) electrons. The lowest BCUT2D eigenvalue weighted by Crippen LogP contribution is -2.40. The molecule has 2 amide bonds. The van der Waals surface area contributed by atoms with Gasteiger partial charge in [-0.3, -0.25) is 14.5 Å². The molecule has 1 heterocycles. The minimum absolute atomic E-state index is 0.0178. The van der Waals surface area contributed by atoms with Gasteiger partial charge in [0.1, 0.15) is 0 Å². The van der Waals surface area contributed by atoms with Crippen molar-refractivity contribution in [3.05, 3.63) is 58.5 Å². The molecule has 1 saturated heterocycles. The molecule has 1 saturated carbocycles. The quantitative estimate of drug-likeness (QED) is 0.576. The monoisotopic (exact) mass is 479 g/mol. The van der Waals surface area contributed by atoms with Gasteiger partial charge < -0.3 is 15.2 Å². The van der Waals surface area contributed by atoms with Crippen molar-refractivity contribution in [2.24, 2.45) is 10.7 Å². The minimum atomic E-state index is -0.565. The van der Waals surface area contributed by atoms with Crippen LogP contribution in [0.4, 0.5) is 5.69 Å². The number of amides is 2. The molecule has 2 aromatic rings. The second-order valence-electron chi connectivity index (χ2n) is 8.47. The predicted octanol–water partition coefficient (Wildman–Crippen LogP) is 4.80. The molecule has 34 heavy (non-hydrogen) atoms. The van der Waals surface area contributed by atoms with Crippen LogP contribution in [0.5, 0.6) is 11.5 Å². The summed E-state index contributed by atoms with van der Waals surface area (Å²) in [4.78, 5) is 31.9. The number of carbonyl (C=O) groups is 2. The number of methoxy groups -OCH3 is 1. The molecule has 0 unspecified atom stereocenters. The Balaban J connectivity index is 1.64. The van der Waals surface area contributed by atoms with Crippen LogP contribution in [0, 0.1) is 6.92 Å². The van der Waals surface area contributed by atoms with Gasteiger partial charge in [0, 0.05) is 6.04 Å². The maximum absolute atomic E-state index is 13.5. The molecule has 4 rings (SSSR count). The molecule has 8 heteroatoms. The Kier molecular flexibility index (Phi) is 7.57. The van der Waals surface area contributed by atoms with Crippen LogP contribution in [0.2, 0.25) is 0 Å². The van der Waals surface area contributed by atoms with E-state index in [-0.39, 0.29) is 18.6 Å². The lowest BCUT2D eigenvalue weighted by molar-refractivity contribution is -0.124. The first kappa shape index (κ1) is 23.9. The number of thioether (sulfide) groups is 1. The fourth-order valence-corrected chi connectivity index (χ4v) is 5.21. The van der Waals surface area contributed by atoms with Gasteiger partial charge in [-0.25, -0.2) is 4.99 Å². The van der Waals surface area contributed by atoms with E-state index in [1.54, 1.807) is 12.1 Å². The summed E-state index contributed by atoms with van der Waals surface area (Å²) in [5, 5.41) is 0.723. The van der Waals surface area contributed by atoms with E-state index in [2.05, 4.69) is 0 Å². The zero-order chi connectivity index (χ0) is 24.1. The van der Waals surface area contributed by atoms with E-state index in [1.807, 2.05) is 48.2 Å². The van der Waals surface area contributed by atoms with Crippen molar-refractivity contribution in [3.8, 4) is 11.5 Å². The molecule has 0 bridgehead atoms. The van der Waals surface area contributed by atoms with Crippen LogP contribution in [0.1, 0.15) is 43.2 Å². The summed E-state index contributed by atoms with van der Waals surface area (Å²) in [6, 6.07) is 13.5. The zero-order valence-electron chi connectivity index (χ0n) is 19.5. The minimum Gasteiger partial charge on any atom is -0.493 e. The third-order valence-electron chi connectivity index (χ3n) is 5.89. The van der Waals surface area contributed by atoms with Gasteiger partial charge >= 0.3 is 0 Å². The van der Waals surface area contributed by atoms with Gasteiger partial charge in [0.15, 0.2) is 23.3 Å². The van der Waals surface area contributed by atoms with E-state index in [9.17, 15) is 9.59 Å². The first-order valence-corrected chi connectivity index (χ1v) is 12.2. The van der Waals surface area contributed by atoms with E-state index in [4.69, 9.17) is 20.2 Å². The summed E-state index contributed by atoms with van der Waals surface area (Å²) >= 11 is 1.40. The third kappa shape index (κ3) is 5.62. The van der Waals surface area contributed by atoms with Crippen molar-refractivity contribution in [3.63, 3.8) is 0 Å². The molecule has 7 nitrogen and oxygen atoms in total. The highest BCUT2D eigenvalue weighted by Crippen LogP contribution is 2.39. The van der Waals surface area contributed by atoms with E-state index < -0.39 is 5.91 Å². The molecule has 178 valence electrons. The van der Waals surface area contributed by atoms with Gasteiger partial charge in [-0.15, -0.1) is 0 Å². The second-order valence-corrected chi connectivity index (χ2v) is 9.48. The Morgan fingerprint density at radius 3 is 2.56 bits per heavy atom. The number of hydrogen-bond donors (Lipinski definition) is 1. The van der Waals surface area contributed by atoms with Crippen molar-refractivity contribution in [2.75, 3.05) is 13.7 Å². The summed E-state index contributed by atoms with van der Waals surface area (Å²) in [7, 11) is 1.52. The van der Waals surface area contributed by atoms with Crippen molar-refractivity contribution in [1.29, 1.82) is 0 Å². The summed E-state index contributed by atoms with van der Waals surface area (Å²) in [5.41, 5.74) is 7.96. The number of nitrogens with two attached hydrogens (primary N) is 1. The topological polar surface area (TPSA) is 94.2 Å². The fourth-order valence-electron chi connectivity index (χ4n) is 4.15. The summed E-state index contributed by atoms with van der Waals surface area (Å²) in [6.45, 7) is 1.80. The number of hydrogen-bond acceptors (Lipinski definition) is 6. The number of amidine groups is 1. The molecule has 0 aromatic heterocycles. The maximum Gasteiger partial charge on any atom is 0.267 e. The van der Waals surface area contributed by atoms with Crippen LogP contribution in [0.15, 0.2) is 52.4 Å². The van der Waals surface area contributed by atoms with Crippen LogP contribution in [0.3, 0.4) is 0 Å². The third-order valence-corrected chi connectivity index (χ3v) is 6.87. The average Bonchev–Trinajstić information content (AvgIpc) is 3.14. The van der Waals surface area contributed by atoms with E-state index >= 15 is 0 Å². The molecule has 0 atom stereocenters. The number of nitrogens with zero attached hydrogens (tertiary/aromatic N) is 2. The Bertz CT molecular complexity index is 1120. The molecule has 2 fully saturated rings.